The Kier molecular flexibility index (Phi) is 5.68. The molecule has 0 saturated heterocycles. The lowest BCUT2D eigenvalue weighted by molar-refractivity contribution is -0.115. The lowest BCUT2D eigenvalue weighted by Crippen LogP contribution is -2.23. The van der Waals surface area contributed by atoms with Crippen LogP contribution in [0.3, 0.4) is 0 Å². The van der Waals surface area contributed by atoms with E-state index in [4.69, 9.17) is 4.42 Å². The fourth-order valence-corrected chi connectivity index (χ4v) is 3.46. The molecule has 6 nitrogen and oxygen atoms in total. The minimum atomic E-state index is -3.78. The molecular weight excluding hydrogens is 371 g/mol. The summed E-state index contributed by atoms with van der Waals surface area (Å²) in [5, 5.41) is 2.58. The Morgan fingerprint density at radius 1 is 1.04 bits per heavy atom. The molecule has 0 spiro atoms. The fourth-order valence-electron chi connectivity index (χ4n) is 2.42. The first-order chi connectivity index (χ1) is 12.9. The van der Waals surface area contributed by atoms with Crippen molar-refractivity contribution < 1.29 is 22.0 Å². The SMILES string of the molecule is O=C(Cc1ccccc1F)Nc1cccc(S(=O)(=O)NCc2ccco2)c1. The molecule has 2 aromatic carbocycles. The molecule has 0 aliphatic heterocycles. The van der Waals surface area contributed by atoms with Crippen LogP contribution >= 0.6 is 0 Å². The van der Waals surface area contributed by atoms with Gasteiger partial charge in [0.2, 0.25) is 15.9 Å². The van der Waals surface area contributed by atoms with Crippen LogP contribution in [0.25, 0.3) is 0 Å². The Morgan fingerprint density at radius 2 is 1.85 bits per heavy atom. The molecule has 3 aromatic rings. The molecule has 140 valence electrons. The number of carbonyl (C=O) groups is 1. The Morgan fingerprint density at radius 3 is 2.59 bits per heavy atom. The highest BCUT2D eigenvalue weighted by Crippen LogP contribution is 2.17. The third-order valence-corrected chi connectivity index (χ3v) is 5.15. The van der Waals surface area contributed by atoms with Crippen molar-refractivity contribution in [1.82, 2.24) is 4.72 Å². The molecule has 8 heteroatoms. The highest BCUT2D eigenvalue weighted by molar-refractivity contribution is 7.89. The van der Waals surface area contributed by atoms with Gasteiger partial charge in [-0.25, -0.2) is 17.5 Å². The zero-order chi connectivity index (χ0) is 19.3. The second-order valence-electron chi connectivity index (χ2n) is 5.75. The Hall–Kier alpha value is -2.97. The minimum Gasteiger partial charge on any atom is -0.468 e. The average Bonchev–Trinajstić information content (AvgIpc) is 3.16. The number of anilines is 1. The van der Waals surface area contributed by atoms with Crippen molar-refractivity contribution in [2.24, 2.45) is 0 Å². The third kappa shape index (κ3) is 5.02. The summed E-state index contributed by atoms with van der Waals surface area (Å²) in [4.78, 5) is 12.1. The third-order valence-electron chi connectivity index (χ3n) is 3.75. The molecule has 1 amide bonds. The highest BCUT2D eigenvalue weighted by atomic mass is 32.2. The summed E-state index contributed by atoms with van der Waals surface area (Å²) >= 11 is 0. The molecule has 0 aliphatic rings. The van der Waals surface area contributed by atoms with Crippen LogP contribution in [-0.4, -0.2) is 14.3 Å². The van der Waals surface area contributed by atoms with Crippen molar-refractivity contribution in [3.05, 3.63) is 84.1 Å². The van der Waals surface area contributed by atoms with Gasteiger partial charge < -0.3 is 9.73 Å². The van der Waals surface area contributed by atoms with Gasteiger partial charge in [0.05, 0.1) is 24.1 Å². The van der Waals surface area contributed by atoms with Crippen LogP contribution < -0.4 is 10.0 Å². The number of furan rings is 1. The van der Waals surface area contributed by atoms with Crippen LogP contribution in [0.5, 0.6) is 0 Å². The van der Waals surface area contributed by atoms with Gasteiger partial charge in [-0.15, -0.1) is 0 Å². The summed E-state index contributed by atoms with van der Waals surface area (Å²) in [6, 6.07) is 15.1. The van der Waals surface area contributed by atoms with Crippen LogP contribution in [0.4, 0.5) is 10.1 Å². The smallest absolute Gasteiger partial charge is 0.241 e. The summed E-state index contributed by atoms with van der Waals surface area (Å²) in [7, 11) is -3.78. The first-order valence-electron chi connectivity index (χ1n) is 8.09. The molecule has 3 rings (SSSR count). The van der Waals surface area contributed by atoms with E-state index in [0.717, 1.165) is 0 Å². The molecule has 0 fully saturated rings. The number of rotatable bonds is 7. The summed E-state index contributed by atoms with van der Waals surface area (Å²) in [6.45, 7) is 0.0131. The van der Waals surface area contributed by atoms with Gasteiger partial charge in [-0.3, -0.25) is 4.79 Å². The second kappa shape index (κ2) is 8.15. The van der Waals surface area contributed by atoms with Crippen LogP contribution in [0.15, 0.2) is 76.2 Å². The maximum Gasteiger partial charge on any atom is 0.241 e. The van der Waals surface area contributed by atoms with Gasteiger partial charge in [0, 0.05) is 5.69 Å². The van der Waals surface area contributed by atoms with Crippen molar-refractivity contribution in [3.63, 3.8) is 0 Å². The number of hydrogen-bond donors (Lipinski definition) is 2. The van der Waals surface area contributed by atoms with Crippen LogP contribution in [-0.2, 0) is 27.8 Å². The molecule has 0 bridgehead atoms. The van der Waals surface area contributed by atoms with E-state index in [1.165, 1.54) is 36.6 Å². The standard InChI is InChI=1S/C19H17FN2O4S/c20-18-9-2-1-5-14(18)11-19(23)22-15-6-3-8-17(12-15)27(24,25)21-13-16-7-4-10-26-16/h1-10,12,21H,11,13H2,(H,22,23). The lowest BCUT2D eigenvalue weighted by atomic mass is 10.1. The summed E-state index contributed by atoms with van der Waals surface area (Å²) in [5.41, 5.74) is 0.566. The molecule has 0 saturated carbocycles. The van der Waals surface area contributed by atoms with E-state index in [2.05, 4.69) is 10.0 Å². The Balaban J connectivity index is 1.67. The normalized spacial score (nSPS) is 11.3. The highest BCUT2D eigenvalue weighted by Gasteiger charge is 2.16. The molecule has 0 aliphatic carbocycles. The average molecular weight is 388 g/mol. The van der Waals surface area contributed by atoms with Crippen molar-refractivity contribution in [2.45, 2.75) is 17.9 Å². The molecular formula is C19H17FN2O4S. The van der Waals surface area contributed by atoms with Crippen LogP contribution in [0.1, 0.15) is 11.3 Å². The largest absolute Gasteiger partial charge is 0.468 e. The first-order valence-corrected chi connectivity index (χ1v) is 9.58. The Labute approximate surface area is 156 Å². The molecule has 0 unspecified atom stereocenters. The summed E-state index contributed by atoms with van der Waals surface area (Å²) in [6.07, 6.45) is 1.30. The van der Waals surface area contributed by atoms with Gasteiger partial charge in [0.15, 0.2) is 0 Å². The van der Waals surface area contributed by atoms with E-state index in [9.17, 15) is 17.6 Å². The first kappa shape index (κ1) is 18.8. The molecule has 0 atom stereocenters. The van der Waals surface area contributed by atoms with Crippen molar-refractivity contribution in [3.8, 4) is 0 Å². The number of benzene rings is 2. The van der Waals surface area contributed by atoms with E-state index in [1.54, 1.807) is 30.3 Å². The molecule has 1 heterocycles. The minimum absolute atomic E-state index is 0.00209. The fraction of sp³-hybridized carbons (Fsp3) is 0.105. The predicted octanol–water partition coefficient (Wildman–Crippen LogP) is 3.08. The van der Waals surface area contributed by atoms with E-state index in [0.29, 0.717) is 11.4 Å². The maximum absolute atomic E-state index is 13.6. The van der Waals surface area contributed by atoms with E-state index >= 15 is 0 Å². The number of carbonyl (C=O) groups excluding carboxylic acids is 1. The van der Waals surface area contributed by atoms with Gasteiger partial charge in [-0.2, -0.15) is 0 Å². The summed E-state index contributed by atoms with van der Waals surface area (Å²) < 4.78 is 45.9. The molecule has 27 heavy (non-hydrogen) atoms. The van der Waals surface area contributed by atoms with E-state index < -0.39 is 21.7 Å². The van der Waals surface area contributed by atoms with Crippen LogP contribution in [0, 0.1) is 5.82 Å². The van der Waals surface area contributed by atoms with E-state index in [1.807, 2.05) is 0 Å². The van der Waals surface area contributed by atoms with E-state index in [-0.39, 0.29) is 23.4 Å². The molecule has 2 N–H and O–H groups in total. The molecule has 0 radical (unpaired) electrons. The van der Waals surface area contributed by atoms with Crippen molar-refractivity contribution in [1.29, 1.82) is 0 Å². The number of halogens is 1. The van der Waals surface area contributed by atoms with Crippen molar-refractivity contribution in [2.75, 3.05) is 5.32 Å². The van der Waals surface area contributed by atoms with Gasteiger partial charge in [-0.1, -0.05) is 24.3 Å². The quantitative estimate of drug-likeness (QED) is 0.651. The number of sulfonamides is 1. The zero-order valence-electron chi connectivity index (χ0n) is 14.2. The van der Waals surface area contributed by atoms with Crippen LogP contribution in [0.2, 0.25) is 0 Å². The summed E-state index contributed by atoms with van der Waals surface area (Å²) in [5.74, 6) is -0.433. The number of hydrogen-bond acceptors (Lipinski definition) is 4. The second-order valence-corrected chi connectivity index (χ2v) is 7.52. The lowest BCUT2D eigenvalue weighted by Gasteiger charge is -2.09. The van der Waals surface area contributed by atoms with Gasteiger partial charge in [-0.05, 0) is 42.0 Å². The van der Waals surface area contributed by atoms with Crippen molar-refractivity contribution >= 4 is 21.6 Å². The molecule has 1 aromatic heterocycles. The van der Waals surface area contributed by atoms with Gasteiger partial charge in [0.25, 0.3) is 0 Å². The topological polar surface area (TPSA) is 88.4 Å². The zero-order valence-corrected chi connectivity index (χ0v) is 15.0. The monoisotopic (exact) mass is 388 g/mol. The maximum atomic E-state index is 13.6. The number of nitrogens with one attached hydrogen (secondary N) is 2. The van der Waals surface area contributed by atoms with Gasteiger partial charge in [0.1, 0.15) is 11.6 Å². The van der Waals surface area contributed by atoms with Gasteiger partial charge >= 0.3 is 0 Å². The number of amides is 1. The Bertz CT molecular complexity index is 1030. The predicted molar refractivity (Wildman–Crippen MR) is 97.9 cm³/mol.